The molecule has 0 heterocycles. The third kappa shape index (κ3) is 6.73. The molecule has 0 aromatic heterocycles. The zero-order valence-electron chi connectivity index (χ0n) is 15.9. The van der Waals surface area contributed by atoms with Crippen LogP contribution < -0.4 is 4.72 Å². The Labute approximate surface area is 165 Å². The predicted molar refractivity (Wildman–Crippen MR) is 106 cm³/mol. The normalized spacial score (nSPS) is 12.6. The summed E-state index contributed by atoms with van der Waals surface area (Å²) in [6.07, 6.45) is 3.60. The number of carbonyl (C=O) groups is 1. The molecule has 0 aliphatic carbocycles. The molecule has 1 atom stereocenters. The zero-order valence-corrected chi connectivity index (χ0v) is 16.7. The second-order valence-electron chi connectivity index (χ2n) is 6.84. The Morgan fingerprint density at radius 2 is 1.68 bits per heavy atom. The molecule has 0 aliphatic heterocycles. The molecular weight excluding hydrogens is 381 g/mol. The summed E-state index contributed by atoms with van der Waals surface area (Å²) in [5, 5.41) is 8.68. The lowest BCUT2D eigenvalue weighted by Crippen LogP contribution is -2.29. The Hall–Kier alpha value is -2.25. The molecule has 2 rings (SSSR count). The van der Waals surface area contributed by atoms with Gasteiger partial charge in [0.15, 0.2) is 0 Å². The smallest absolute Gasteiger partial charge is 0.303 e. The molecule has 0 saturated heterocycles. The van der Waals surface area contributed by atoms with Crippen LogP contribution in [0.4, 0.5) is 4.39 Å². The highest BCUT2D eigenvalue weighted by molar-refractivity contribution is 7.89. The molecule has 0 radical (unpaired) electrons. The molecule has 2 aromatic carbocycles. The van der Waals surface area contributed by atoms with Gasteiger partial charge >= 0.3 is 5.97 Å². The summed E-state index contributed by atoms with van der Waals surface area (Å²) >= 11 is 0. The molecule has 0 amide bonds. The highest BCUT2D eigenvalue weighted by atomic mass is 32.2. The fraction of sp³-hybridized carbons (Fsp3) is 0.381. The Balaban J connectivity index is 2.09. The maximum atomic E-state index is 13.3. The number of rotatable bonds is 11. The van der Waals surface area contributed by atoms with E-state index in [1.54, 1.807) is 43.3 Å². The van der Waals surface area contributed by atoms with Gasteiger partial charge in [0.05, 0.1) is 4.90 Å². The number of aryl methyl sites for hydroxylation is 1. The minimum Gasteiger partial charge on any atom is -0.481 e. The van der Waals surface area contributed by atoms with Gasteiger partial charge in [0.1, 0.15) is 5.82 Å². The molecule has 0 fully saturated rings. The van der Waals surface area contributed by atoms with Crippen molar-refractivity contribution in [1.29, 1.82) is 0 Å². The van der Waals surface area contributed by atoms with Crippen LogP contribution in [0.3, 0.4) is 0 Å². The van der Waals surface area contributed by atoms with Crippen molar-refractivity contribution in [2.24, 2.45) is 0 Å². The van der Waals surface area contributed by atoms with Crippen molar-refractivity contribution < 1.29 is 22.7 Å². The first kappa shape index (κ1) is 22.0. The zero-order chi connectivity index (χ0) is 20.6. The number of benzene rings is 2. The minimum absolute atomic E-state index is 0.140. The summed E-state index contributed by atoms with van der Waals surface area (Å²) in [5.74, 6) is -1.19. The van der Waals surface area contributed by atoms with Gasteiger partial charge < -0.3 is 5.11 Å². The van der Waals surface area contributed by atoms with Crippen LogP contribution in [-0.2, 0) is 14.8 Å². The van der Waals surface area contributed by atoms with E-state index in [2.05, 4.69) is 4.72 Å². The largest absolute Gasteiger partial charge is 0.481 e. The van der Waals surface area contributed by atoms with E-state index in [0.717, 1.165) is 19.3 Å². The van der Waals surface area contributed by atoms with Crippen LogP contribution in [0.1, 0.15) is 55.7 Å². The van der Waals surface area contributed by atoms with Crippen molar-refractivity contribution in [3.63, 3.8) is 0 Å². The maximum absolute atomic E-state index is 13.3. The third-order valence-electron chi connectivity index (χ3n) is 4.59. The molecule has 1 unspecified atom stereocenters. The van der Waals surface area contributed by atoms with Gasteiger partial charge in [-0.25, -0.2) is 17.5 Å². The van der Waals surface area contributed by atoms with Crippen LogP contribution in [-0.4, -0.2) is 19.5 Å². The van der Waals surface area contributed by atoms with Crippen LogP contribution in [0.25, 0.3) is 0 Å². The van der Waals surface area contributed by atoms with E-state index in [1.165, 1.54) is 12.1 Å². The van der Waals surface area contributed by atoms with E-state index < -0.39 is 22.0 Å². The fourth-order valence-corrected chi connectivity index (χ4v) is 4.58. The summed E-state index contributed by atoms with van der Waals surface area (Å²) in [6, 6.07) is 12.1. The molecule has 0 bridgehead atoms. The molecule has 28 heavy (non-hydrogen) atoms. The van der Waals surface area contributed by atoms with Gasteiger partial charge in [-0.1, -0.05) is 49.6 Å². The molecule has 0 spiro atoms. The summed E-state index contributed by atoms with van der Waals surface area (Å²) in [5.41, 5.74) is 1.35. The quantitative estimate of drug-likeness (QED) is 0.534. The van der Waals surface area contributed by atoms with Crippen molar-refractivity contribution in [2.75, 3.05) is 0 Å². The monoisotopic (exact) mass is 407 g/mol. The van der Waals surface area contributed by atoms with Crippen LogP contribution >= 0.6 is 0 Å². The molecular formula is C21H26FNO4S. The van der Waals surface area contributed by atoms with E-state index in [9.17, 15) is 17.6 Å². The van der Waals surface area contributed by atoms with E-state index in [-0.39, 0.29) is 17.1 Å². The van der Waals surface area contributed by atoms with Crippen LogP contribution in [0.15, 0.2) is 53.4 Å². The van der Waals surface area contributed by atoms with Gasteiger partial charge in [0, 0.05) is 12.5 Å². The highest BCUT2D eigenvalue weighted by Crippen LogP contribution is 2.24. The lowest BCUT2D eigenvalue weighted by molar-refractivity contribution is -0.137. The maximum Gasteiger partial charge on any atom is 0.303 e. The molecule has 0 saturated carbocycles. The van der Waals surface area contributed by atoms with Crippen molar-refractivity contribution in [1.82, 2.24) is 4.72 Å². The number of unbranched alkanes of at least 4 members (excludes halogenated alkanes) is 3. The van der Waals surface area contributed by atoms with Gasteiger partial charge in [0.25, 0.3) is 0 Å². The van der Waals surface area contributed by atoms with Crippen LogP contribution in [0.5, 0.6) is 0 Å². The number of sulfonamides is 1. The van der Waals surface area contributed by atoms with Gasteiger partial charge in [-0.2, -0.15) is 0 Å². The molecule has 2 N–H and O–H groups in total. The summed E-state index contributed by atoms with van der Waals surface area (Å²) in [6.45, 7) is 1.74. The van der Waals surface area contributed by atoms with Crippen molar-refractivity contribution >= 4 is 16.0 Å². The van der Waals surface area contributed by atoms with Crippen molar-refractivity contribution in [3.05, 3.63) is 65.5 Å². The average molecular weight is 408 g/mol. The second-order valence-corrected chi connectivity index (χ2v) is 8.52. The lowest BCUT2D eigenvalue weighted by atomic mass is 10.0. The van der Waals surface area contributed by atoms with Gasteiger partial charge in [-0.05, 0) is 49.1 Å². The highest BCUT2D eigenvalue weighted by Gasteiger charge is 2.22. The Kier molecular flexibility index (Phi) is 8.14. The first-order chi connectivity index (χ1) is 13.3. The Bertz CT molecular complexity index is 882. The van der Waals surface area contributed by atoms with E-state index in [0.29, 0.717) is 24.0 Å². The van der Waals surface area contributed by atoms with Gasteiger partial charge in [-0.3, -0.25) is 4.79 Å². The number of hydrogen-bond acceptors (Lipinski definition) is 3. The van der Waals surface area contributed by atoms with Crippen molar-refractivity contribution in [2.45, 2.75) is 56.4 Å². The Morgan fingerprint density at radius 3 is 2.32 bits per heavy atom. The van der Waals surface area contributed by atoms with Gasteiger partial charge in [0.2, 0.25) is 10.0 Å². The van der Waals surface area contributed by atoms with Crippen LogP contribution in [0.2, 0.25) is 0 Å². The Morgan fingerprint density at radius 1 is 1.04 bits per heavy atom. The predicted octanol–water partition coefficient (Wildman–Crippen LogP) is 4.58. The fourth-order valence-electron chi connectivity index (χ4n) is 3.08. The lowest BCUT2D eigenvalue weighted by Gasteiger charge is -2.20. The average Bonchev–Trinajstić information content (AvgIpc) is 2.64. The topological polar surface area (TPSA) is 83.5 Å². The van der Waals surface area contributed by atoms with E-state index in [4.69, 9.17) is 5.11 Å². The molecule has 152 valence electrons. The minimum atomic E-state index is -3.73. The number of hydrogen-bond donors (Lipinski definition) is 2. The van der Waals surface area contributed by atoms with Crippen LogP contribution in [0, 0.1) is 12.7 Å². The number of aliphatic carboxylic acids is 1. The number of carboxylic acids is 1. The van der Waals surface area contributed by atoms with Gasteiger partial charge in [-0.15, -0.1) is 0 Å². The standard InChI is InChI=1S/C21H26FNO4S/c1-16-8-6-7-10-20(16)28(26,27)23-19(17-12-14-18(22)15-13-17)9-4-2-3-5-11-21(24)25/h6-8,10,12-15,19,23H,2-5,9,11H2,1H3,(H,24,25). The molecule has 5 nitrogen and oxygen atoms in total. The number of nitrogens with one attached hydrogen (secondary N) is 1. The molecule has 0 aliphatic rings. The van der Waals surface area contributed by atoms with E-state index in [1.807, 2.05) is 0 Å². The SMILES string of the molecule is Cc1ccccc1S(=O)(=O)NC(CCCCCCC(=O)O)c1ccc(F)cc1. The summed E-state index contributed by atoms with van der Waals surface area (Å²) in [4.78, 5) is 10.8. The third-order valence-corrected chi connectivity index (χ3v) is 6.22. The summed E-state index contributed by atoms with van der Waals surface area (Å²) in [7, 11) is -3.73. The first-order valence-corrected chi connectivity index (χ1v) is 10.8. The molecule has 2 aromatic rings. The second kappa shape index (κ2) is 10.3. The summed E-state index contributed by atoms with van der Waals surface area (Å²) < 4.78 is 41.8. The number of carboxylic acid groups (broad SMARTS) is 1. The van der Waals surface area contributed by atoms with Crippen molar-refractivity contribution in [3.8, 4) is 0 Å². The number of halogens is 1. The molecule has 7 heteroatoms. The first-order valence-electron chi connectivity index (χ1n) is 9.35. The van der Waals surface area contributed by atoms with E-state index >= 15 is 0 Å².